The molecule has 0 saturated carbocycles. The maximum atomic E-state index is 12.8. The highest BCUT2D eigenvalue weighted by atomic mass is 32.2. The Morgan fingerprint density at radius 1 is 1.09 bits per heavy atom. The lowest BCUT2D eigenvalue weighted by Gasteiger charge is -2.22. The van der Waals surface area contributed by atoms with Crippen LogP contribution in [0, 0.1) is 0 Å². The number of aromatic nitrogens is 2. The molecule has 0 N–H and O–H groups in total. The number of nitrogens with zero attached hydrogens (tertiary/aromatic N) is 5. The molecule has 218 valence electrons. The minimum atomic E-state index is -4.74. The molecule has 0 bridgehead atoms. The van der Waals surface area contributed by atoms with Crippen molar-refractivity contribution in [1.82, 2.24) is 9.38 Å². The highest BCUT2D eigenvalue weighted by molar-refractivity contribution is 8.15. The Bertz CT molecular complexity index is 1880. The Morgan fingerprint density at radius 3 is 2.65 bits per heavy atom. The quantitative estimate of drug-likeness (QED) is 0.140. The van der Waals surface area contributed by atoms with Crippen molar-refractivity contribution in [3.63, 3.8) is 0 Å². The maximum Gasteiger partial charge on any atom is 0.573 e. The number of thioether (sulfide) groups is 1. The van der Waals surface area contributed by atoms with Gasteiger partial charge in [0, 0.05) is 17.1 Å². The molecule has 11 heteroatoms. The number of hydrogen-bond acceptors (Lipinski definition) is 6. The minimum Gasteiger partial charge on any atom is -0.406 e. The number of carbonyl (C=O) groups is 1. The Hall–Kier alpha value is -4.64. The molecule has 1 atom stereocenters. The Kier molecular flexibility index (Phi) is 7.66. The molecule has 5 aromatic rings. The molecule has 0 radical (unpaired) electrons. The molecule has 1 unspecified atom stereocenters. The first-order chi connectivity index (χ1) is 20.7. The van der Waals surface area contributed by atoms with E-state index in [2.05, 4.69) is 39.8 Å². The van der Waals surface area contributed by atoms with E-state index in [-0.39, 0.29) is 11.7 Å². The molecular formula is C32H26F3N5O2S. The number of fused-ring (bicyclic) bond motifs is 3. The predicted molar refractivity (Wildman–Crippen MR) is 165 cm³/mol. The van der Waals surface area contributed by atoms with Crippen LogP contribution in [-0.4, -0.2) is 38.8 Å². The monoisotopic (exact) mass is 601 g/mol. The Morgan fingerprint density at radius 2 is 1.88 bits per heavy atom. The highest BCUT2D eigenvalue weighted by Gasteiger charge is 2.32. The smallest absolute Gasteiger partial charge is 0.406 e. The van der Waals surface area contributed by atoms with E-state index in [1.54, 1.807) is 29.4 Å². The molecule has 43 heavy (non-hydrogen) atoms. The number of hydrogen-bond donors (Lipinski definition) is 0. The number of ether oxygens (including phenoxy) is 1. The fraction of sp³-hybridized carbons (Fsp3) is 0.188. The summed E-state index contributed by atoms with van der Waals surface area (Å²) in [4.78, 5) is 19.0. The average Bonchev–Trinajstić information content (AvgIpc) is 3.59. The standard InChI is InChI=1S/C32H26F3N5O2S/c1-3-20(2)25-6-4-5-7-27(25)40-29(41)19-43-31(40)38-37-17-21-8-13-26-23(16-21)14-15-39-28(18-36-30(26)39)22-9-11-24(12-10-22)42-32(33,34)35/h4-18,20H,3,19H2,1-2H3/b37-17+,38-31-. The van der Waals surface area contributed by atoms with Crippen molar-refractivity contribution in [3.8, 4) is 17.0 Å². The summed E-state index contributed by atoms with van der Waals surface area (Å²) in [6.07, 6.45) is 1.42. The van der Waals surface area contributed by atoms with Crippen molar-refractivity contribution < 1.29 is 22.7 Å². The lowest BCUT2D eigenvalue weighted by molar-refractivity contribution is -0.274. The first-order valence-electron chi connectivity index (χ1n) is 13.6. The summed E-state index contributed by atoms with van der Waals surface area (Å²) in [6, 6.07) is 21.4. The first-order valence-corrected chi connectivity index (χ1v) is 14.6. The summed E-state index contributed by atoms with van der Waals surface area (Å²) in [6.45, 7) is 4.27. The van der Waals surface area contributed by atoms with Gasteiger partial charge >= 0.3 is 6.36 Å². The van der Waals surface area contributed by atoms with Crippen molar-refractivity contribution in [3.05, 3.63) is 96.3 Å². The lowest BCUT2D eigenvalue weighted by Crippen LogP contribution is -2.30. The van der Waals surface area contributed by atoms with Crippen LogP contribution in [0.3, 0.4) is 0 Å². The van der Waals surface area contributed by atoms with Crippen molar-refractivity contribution in [2.75, 3.05) is 10.7 Å². The van der Waals surface area contributed by atoms with Crippen LogP contribution in [0.2, 0.25) is 0 Å². The zero-order chi connectivity index (χ0) is 30.1. The first kappa shape index (κ1) is 28.5. The van der Waals surface area contributed by atoms with E-state index in [0.29, 0.717) is 28.0 Å². The van der Waals surface area contributed by atoms with Crippen LogP contribution in [0.25, 0.3) is 27.7 Å². The second-order valence-electron chi connectivity index (χ2n) is 10.1. The van der Waals surface area contributed by atoms with Crippen LogP contribution >= 0.6 is 11.8 Å². The fourth-order valence-electron chi connectivity index (χ4n) is 5.06. The molecule has 1 saturated heterocycles. The molecule has 1 fully saturated rings. The summed E-state index contributed by atoms with van der Waals surface area (Å²) in [5.41, 5.74) is 4.93. The topological polar surface area (TPSA) is 71.6 Å². The van der Waals surface area contributed by atoms with Crippen LogP contribution < -0.4 is 9.64 Å². The van der Waals surface area contributed by atoms with Crippen LogP contribution in [-0.2, 0) is 4.79 Å². The van der Waals surface area contributed by atoms with Crippen molar-refractivity contribution in [2.45, 2.75) is 32.5 Å². The normalized spacial score (nSPS) is 15.8. The zero-order valence-electron chi connectivity index (χ0n) is 23.2. The second-order valence-corrected chi connectivity index (χ2v) is 11.0. The second kappa shape index (κ2) is 11.6. The Labute approximate surface area is 249 Å². The molecule has 1 amide bonds. The van der Waals surface area contributed by atoms with Gasteiger partial charge in [-0.3, -0.25) is 14.1 Å². The molecule has 0 aliphatic carbocycles. The van der Waals surface area contributed by atoms with Gasteiger partial charge in [0.15, 0.2) is 5.17 Å². The zero-order valence-corrected chi connectivity index (χ0v) is 24.1. The summed E-state index contributed by atoms with van der Waals surface area (Å²) in [7, 11) is 0. The number of anilines is 1. The average molecular weight is 602 g/mol. The van der Waals surface area contributed by atoms with Gasteiger partial charge in [0.1, 0.15) is 11.4 Å². The highest BCUT2D eigenvalue weighted by Crippen LogP contribution is 2.34. The van der Waals surface area contributed by atoms with Crippen LogP contribution in [0.4, 0.5) is 18.9 Å². The number of amides is 1. The van der Waals surface area contributed by atoms with E-state index in [9.17, 15) is 18.0 Å². The van der Waals surface area contributed by atoms with Crippen LogP contribution in [0.5, 0.6) is 5.75 Å². The molecule has 3 aromatic carbocycles. The maximum absolute atomic E-state index is 12.8. The van der Waals surface area contributed by atoms with Crippen molar-refractivity contribution in [1.29, 1.82) is 0 Å². The summed E-state index contributed by atoms with van der Waals surface area (Å²) in [5, 5.41) is 11.1. The van der Waals surface area contributed by atoms with Crippen LogP contribution in [0.15, 0.2) is 95.4 Å². The summed E-state index contributed by atoms with van der Waals surface area (Å²) < 4.78 is 43.4. The van der Waals surface area contributed by atoms with Gasteiger partial charge in [-0.2, -0.15) is 5.10 Å². The summed E-state index contributed by atoms with van der Waals surface area (Å²) in [5.74, 6) is 0.311. The molecule has 1 aliphatic rings. The van der Waals surface area contributed by atoms with E-state index in [0.717, 1.165) is 39.7 Å². The molecule has 7 nitrogen and oxygen atoms in total. The molecular weight excluding hydrogens is 575 g/mol. The largest absolute Gasteiger partial charge is 0.573 e. The number of carbonyl (C=O) groups excluding carboxylic acids is 1. The van der Waals surface area contributed by atoms with Gasteiger partial charge in [0.2, 0.25) is 5.91 Å². The van der Waals surface area contributed by atoms with Gasteiger partial charge in [-0.05, 0) is 77.4 Å². The van der Waals surface area contributed by atoms with E-state index in [4.69, 9.17) is 0 Å². The predicted octanol–water partition coefficient (Wildman–Crippen LogP) is 8.04. The summed E-state index contributed by atoms with van der Waals surface area (Å²) >= 11 is 1.37. The SMILES string of the molecule is CCC(C)c1ccccc1N1C(=O)CS/C1=N\N=C\c1ccc2c(ccn3c(-c4ccc(OC(F)(F)F)cc4)cnc23)c1. The molecule has 1 aliphatic heterocycles. The number of benzene rings is 3. The number of rotatable bonds is 7. The van der Waals surface area contributed by atoms with Gasteiger partial charge in [0.25, 0.3) is 0 Å². The van der Waals surface area contributed by atoms with Gasteiger partial charge in [-0.1, -0.05) is 49.9 Å². The van der Waals surface area contributed by atoms with E-state index in [1.807, 2.05) is 53.1 Å². The van der Waals surface area contributed by atoms with E-state index >= 15 is 0 Å². The van der Waals surface area contributed by atoms with Gasteiger partial charge in [-0.15, -0.1) is 18.3 Å². The molecule has 3 heterocycles. The number of imidazole rings is 1. The molecule has 0 spiro atoms. The number of alkyl halides is 3. The molecule has 2 aromatic heterocycles. The van der Waals surface area contributed by atoms with Crippen molar-refractivity contribution >= 4 is 51.2 Å². The number of halogens is 3. The molecule has 6 rings (SSSR count). The van der Waals surface area contributed by atoms with Gasteiger partial charge in [0.05, 0.1) is 29.5 Å². The minimum absolute atomic E-state index is 0.0194. The third kappa shape index (κ3) is 5.85. The number of pyridine rings is 1. The van der Waals surface area contributed by atoms with Crippen LogP contribution in [0.1, 0.15) is 37.3 Å². The van der Waals surface area contributed by atoms with Crippen molar-refractivity contribution in [2.24, 2.45) is 10.2 Å². The Balaban J connectivity index is 1.25. The number of para-hydroxylation sites is 1. The van der Waals surface area contributed by atoms with Gasteiger partial charge in [-0.25, -0.2) is 4.98 Å². The van der Waals surface area contributed by atoms with E-state index in [1.165, 1.54) is 23.9 Å². The number of amidine groups is 1. The fourth-order valence-corrected chi connectivity index (χ4v) is 5.87. The lowest BCUT2D eigenvalue weighted by atomic mass is 9.96. The third-order valence-corrected chi connectivity index (χ3v) is 8.25. The third-order valence-electron chi connectivity index (χ3n) is 7.34. The van der Waals surface area contributed by atoms with E-state index < -0.39 is 6.36 Å². The van der Waals surface area contributed by atoms with Gasteiger partial charge < -0.3 is 4.74 Å².